The summed E-state index contributed by atoms with van der Waals surface area (Å²) in [6, 6.07) is 6.87. The fraction of sp³-hybridized carbons (Fsp3) is 0.600. The van der Waals surface area contributed by atoms with Crippen LogP contribution in [0.1, 0.15) is 25.8 Å². The Bertz CT molecular complexity index is 742. The number of morpholine rings is 1. The van der Waals surface area contributed by atoms with Gasteiger partial charge in [-0.2, -0.15) is 13.2 Å². The van der Waals surface area contributed by atoms with Crippen molar-refractivity contribution >= 4 is 11.9 Å². The standard InChI is InChI=1S/C18H25FN2O2.C2HF3O2/c1-12(2)8-20-18(22)15-7-14-10-21(11-17(15)23-14)9-13-5-3-4-6-16(13)19;3-2(4,5)1(6)7/h3-6,12,14-15,17H,7-11H2,1-2H3,(H,20,22);(H,6,7)/t14-,15+,17-;/m1./s1. The van der Waals surface area contributed by atoms with Gasteiger partial charge in [-0.15, -0.1) is 0 Å². The summed E-state index contributed by atoms with van der Waals surface area (Å²) in [5, 5.41) is 10.1. The van der Waals surface area contributed by atoms with E-state index in [1.54, 1.807) is 6.07 Å². The zero-order valence-electron chi connectivity index (χ0n) is 16.8. The van der Waals surface area contributed by atoms with Crippen LogP contribution < -0.4 is 5.32 Å². The quantitative estimate of drug-likeness (QED) is 0.697. The highest BCUT2D eigenvalue weighted by atomic mass is 19.4. The second-order valence-corrected chi connectivity index (χ2v) is 7.87. The van der Waals surface area contributed by atoms with Gasteiger partial charge in [-0.05, 0) is 18.4 Å². The lowest BCUT2D eigenvalue weighted by atomic mass is 9.99. The smallest absolute Gasteiger partial charge is 0.475 e. The average Bonchev–Trinajstić information content (AvgIpc) is 2.95. The summed E-state index contributed by atoms with van der Waals surface area (Å²) in [6.07, 6.45) is -4.31. The first-order valence-corrected chi connectivity index (χ1v) is 9.66. The molecule has 0 saturated carbocycles. The molecule has 0 unspecified atom stereocenters. The minimum Gasteiger partial charge on any atom is -0.475 e. The van der Waals surface area contributed by atoms with Crippen molar-refractivity contribution in [3.63, 3.8) is 0 Å². The number of hydrogen-bond acceptors (Lipinski definition) is 4. The predicted molar refractivity (Wildman–Crippen MR) is 100.0 cm³/mol. The third-order valence-corrected chi connectivity index (χ3v) is 4.85. The van der Waals surface area contributed by atoms with E-state index in [4.69, 9.17) is 14.6 Å². The first-order chi connectivity index (χ1) is 14.0. The molecule has 1 aromatic rings. The van der Waals surface area contributed by atoms with Gasteiger partial charge in [0.05, 0.1) is 18.1 Å². The van der Waals surface area contributed by atoms with Crippen molar-refractivity contribution in [2.75, 3.05) is 19.6 Å². The molecule has 1 aromatic carbocycles. The number of aliphatic carboxylic acids is 1. The van der Waals surface area contributed by atoms with E-state index in [1.807, 2.05) is 12.1 Å². The van der Waals surface area contributed by atoms with Gasteiger partial charge in [0.1, 0.15) is 5.82 Å². The molecular weight excluding hydrogens is 408 g/mol. The number of alkyl halides is 3. The van der Waals surface area contributed by atoms with Crippen LogP contribution in [-0.4, -0.2) is 59.9 Å². The fourth-order valence-corrected chi connectivity index (χ4v) is 3.45. The maximum Gasteiger partial charge on any atom is 0.490 e. The number of benzene rings is 1. The molecule has 2 fully saturated rings. The Morgan fingerprint density at radius 2 is 1.90 bits per heavy atom. The minimum absolute atomic E-state index is 0.0762. The Hall–Kier alpha value is -2.20. The lowest BCUT2D eigenvalue weighted by molar-refractivity contribution is -0.192. The van der Waals surface area contributed by atoms with Gasteiger partial charge in [0.25, 0.3) is 0 Å². The first-order valence-electron chi connectivity index (χ1n) is 9.66. The number of ether oxygens (including phenoxy) is 1. The van der Waals surface area contributed by atoms with Crippen molar-refractivity contribution in [1.29, 1.82) is 0 Å². The number of rotatable bonds is 5. The van der Waals surface area contributed by atoms with E-state index in [9.17, 15) is 22.4 Å². The van der Waals surface area contributed by atoms with Crippen LogP contribution in [0.4, 0.5) is 17.6 Å². The van der Waals surface area contributed by atoms with Crippen molar-refractivity contribution in [3.8, 4) is 0 Å². The molecule has 0 radical (unpaired) electrons. The average molecular weight is 434 g/mol. The van der Waals surface area contributed by atoms with Crippen molar-refractivity contribution in [2.24, 2.45) is 11.8 Å². The summed E-state index contributed by atoms with van der Waals surface area (Å²) in [6.45, 7) is 6.89. The number of hydrogen-bond donors (Lipinski definition) is 2. The topological polar surface area (TPSA) is 78.9 Å². The number of nitrogens with one attached hydrogen (secondary N) is 1. The van der Waals surface area contributed by atoms with E-state index in [2.05, 4.69) is 24.1 Å². The Morgan fingerprint density at radius 1 is 1.27 bits per heavy atom. The van der Waals surface area contributed by atoms with Gasteiger partial charge in [0.2, 0.25) is 5.91 Å². The molecule has 1 amide bonds. The van der Waals surface area contributed by atoms with Crippen LogP contribution >= 0.6 is 0 Å². The van der Waals surface area contributed by atoms with Crippen LogP contribution in [0, 0.1) is 17.7 Å². The van der Waals surface area contributed by atoms with E-state index in [-0.39, 0.29) is 29.9 Å². The number of fused-ring (bicyclic) bond motifs is 2. The van der Waals surface area contributed by atoms with Crippen molar-refractivity contribution < 1.29 is 37.0 Å². The molecule has 2 aliphatic rings. The lowest BCUT2D eigenvalue weighted by Crippen LogP contribution is -2.45. The summed E-state index contributed by atoms with van der Waals surface area (Å²) in [5.74, 6) is -2.47. The Labute approximate surface area is 172 Å². The summed E-state index contributed by atoms with van der Waals surface area (Å²) in [5.41, 5.74) is 0.703. The second kappa shape index (κ2) is 10.2. The van der Waals surface area contributed by atoms with E-state index in [0.29, 0.717) is 31.1 Å². The van der Waals surface area contributed by atoms with Gasteiger partial charge in [0, 0.05) is 31.7 Å². The minimum atomic E-state index is -5.08. The SMILES string of the molecule is CC(C)CNC(=O)[C@H]1C[C@@H]2CN(Cc3ccccc3F)C[C@H]1O2.O=C(O)C(F)(F)F. The number of halogens is 4. The molecule has 3 rings (SSSR count). The Balaban J connectivity index is 0.000000396. The molecule has 0 spiro atoms. The third-order valence-electron chi connectivity index (χ3n) is 4.85. The number of carbonyl (C=O) groups excluding carboxylic acids is 1. The molecular formula is C20H26F4N2O4. The molecule has 2 saturated heterocycles. The summed E-state index contributed by atoms with van der Waals surface area (Å²) < 4.78 is 51.5. The highest BCUT2D eigenvalue weighted by molar-refractivity contribution is 5.79. The molecule has 2 aliphatic heterocycles. The van der Waals surface area contributed by atoms with Crippen LogP contribution in [0.2, 0.25) is 0 Å². The second-order valence-electron chi connectivity index (χ2n) is 7.87. The Morgan fingerprint density at radius 3 is 2.47 bits per heavy atom. The molecule has 6 nitrogen and oxygen atoms in total. The monoisotopic (exact) mass is 434 g/mol. The van der Waals surface area contributed by atoms with Gasteiger partial charge in [-0.25, -0.2) is 9.18 Å². The highest BCUT2D eigenvalue weighted by Crippen LogP contribution is 2.32. The summed E-state index contributed by atoms with van der Waals surface area (Å²) in [4.78, 5) is 23.4. The molecule has 2 N–H and O–H groups in total. The largest absolute Gasteiger partial charge is 0.490 e. The van der Waals surface area contributed by atoms with Crippen LogP contribution in [0.3, 0.4) is 0 Å². The van der Waals surface area contributed by atoms with E-state index in [1.165, 1.54) is 6.07 Å². The van der Waals surface area contributed by atoms with Crippen LogP contribution in [0.25, 0.3) is 0 Å². The van der Waals surface area contributed by atoms with Gasteiger partial charge in [-0.3, -0.25) is 9.69 Å². The Kier molecular flexibility index (Phi) is 8.19. The van der Waals surface area contributed by atoms with Gasteiger partial charge in [0.15, 0.2) is 0 Å². The fourth-order valence-electron chi connectivity index (χ4n) is 3.45. The van der Waals surface area contributed by atoms with Crippen LogP contribution in [-0.2, 0) is 20.9 Å². The number of carbonyl (C=O) groups is 2. The maximum absolute atomic E-state index is 13.8. The van der Waals surface area contributed by atoms with E-state index in [0.717, 1.165) is 13.0 Å². The van der Waals surface area contributed by atoms with Gasteiger partial charge >= 0.3 is 12.1 Å². The number of carboxylic acids is 1. The molecule has 168 valence electrons. The molecule has 3 atom stereocenters. The molecule has 0 aliphatic carbocycles. The normalized spacial score (nSPS) is 23.6. The van der Waals surface area contributed by atoms with Crippen molar-refractivity contribution in [3.05, 3.63) is 35.6 Å². The van der Waals surface area contributed by atoms with E-state index < -0.39 is 12.1 Å². The molecule has 2 heterocycles. The lowest BCUT2D eigenvalue weighted by Gasteiger charge is -2.32. The highest BCUT2D eigenvalue weighted by Gasteiger charge is 2.44. The van der Waals surface area contributed by atoms with Crippen LogP contribution in [0.5, 0.6) is 0 Å². The number of nitrogens with zero attached hydrogens (tertiary/aromatic N) is 1. The van der Waals surface area contributed by atoms with Crippen molar-refractivity contribution in [2.45, 2.75) is 45.2 Å². The van der Waals surface area contributed by atoms with E-state index >= 15 is 0 Å². The van der Waals surface area contributed by atoms with Crippen LogP contribution in [0.15, 0.2) is 24.3 Å². The summed E-state index contributed by atoms with van der Waals surface area (Å²) >= 11 is 0. The third kappa shape index (κ3) is 6.94. The molecule has 30 heavy (non-hydrogen) atoms. The molecule has 2 bridgehead atoms. The summed E-state index contributed by atoms with van der Waals surface area (Å²) in [7, 11) is 0. The van der Waals surface area contributed by atoms with Crippen molar-refractivity contribution in [1.82, 2.24) is 10.2 Å². The van der Waals surface area contributed by atoms with Gasteiger partial charge in [-0.1, -0.05) is 32.0 Å². The van der Waals surface area contributed by atoms with Gasteiger partial charge < -0.3 is 15.2 Å². The zero-order chi connectivity index (χ0) is 22.5. The predicted octanol–water partition coefficient (Wildman–Crippen LogP) is 2.82. The number of carboxylic acid groups (broad SMARTS) is 1. The zero-order valence-corrected chi connectivity index (χ0v) is 16.8. The first kappa shape index (κ1) is 24.1. The molecule has 0 aromatic heterocycles. The molecule has 10 heteroatoms. The number of amides is 1. The number of likely N-dealkylation sites (tertiary alicyclic amines) is 1. The maximum atomic E-state index is 13.8.